The quantitative estimate of drug-likeness (QED) is 0.785. The van der Waals surface area contributed by atoms with Crippen LogP contribution in [0.15, 0.2) is 18.2 Å². The highest BCUT2D eigenvalue weighted by molar-refractivity contribution is 5.85. The first-order valence-corrected chi connectivity index (χ1v) is 4.36. The SMILES string of the molecule is CNC(C)(C(N)=O)c1ccc(F)c(F)c1. The third-order valence-electron chi connectivity index (χ3n) is 2.49. The maximum absolute atomic E-state index is 13.0. The highest BCUT2D eigenvalue weighted by atomic mass is 19.2. The molecule has 5 heteroatoms. The van der Waals surface area contributed by atoms with E-state index in [1.165, 1.54) is 20.0 Å². The highest BCUT2D eigenvalue weighted by Crippen LogP contribution is 2.21. The molecule has 0 aliphatic heterocycles. The monoisotopic (exact) mass is 214 g/mol. The zero-order valence-electron chi connectivity index (χ0n) is 8.47. The molecule has 0 fully saturated rings. The number of carbonyl (C=O) groups excluding carboxylic acids is 1. The Balaban J connectivity index is 3.25. The number of halogens is 2. The first-order valence-electron chi connectivity index (χ1n) is 4.36. The minimum absolute atomic E-state index is 0.288. The third kappa shape index (κ3) is 1.97. The average Bonchev–Trinajstić information content (AvgIpc) is 2.20. The van der Waals surface area contributed by atoms with Crippen LogP contribution in [0.5, 0.6) is 0 Å². The van der Waals surface area contributed by atoms with Crippen molar-refractivity contribution in [1.29, 1.82) is 0 Å². The molecule has 0 saturated heterocycles. The van der Waals surface area contributed by atoms with Crippen molar-refractivity contribution in [2.45, 2.75) is 12.5 Å². The maximum Gasteiger partial charge on any atom is 0.242 e. The number of likely N-dealkylation sites (N-methyl/N-ethyl adjacent to an activating group) is 1. The Morgan fingerprint density at radius 2 is 2.00 bits per heavy atom. The van der Waals surface area contributed by atoms with Gasteiger partial charge in [-0.25, -0.2) is 8.78 Å². The first-order chi connectivity index (χ1) is 6.91. The van der Waals surface area contributed by atoms with E-state index in [4.69, 9.17) is 5.73 Å². The van der Waals surface area contributed by atoms with Crippen LogP contribution in [0.1, 0.15) is 12.5 Å². The van der Waals surface area contributed by atoms with Crippen LogP contribution in [0.2, 0.25) is 0 Å². The van der Waals surface area contributed by atoms with Crippen molar-refractivity contribution in [2.75, 3.05) is 7.05 Å². The van der Waals surface area contributed by atoms with Crippen LogP contribution in [0.4, 0.5) is 8.78 Å². The number of hydrogen-bond donors (Lipinski definition) is 2. The van der Waals surface area contributed by atoms with E-state index in [0.29, 0.717) is 0 Å². The normalized spacial score (nSPS) is 14.7. The fourth-order valence-corrected chi connectivity index (χ4v) is 1.22. The number of nitrogens with two attached hydrogens (primary N) is 1. The third-order valence-corrected chi connectivity index (χ3v) is 2.49. The fraction of sp³-hybridized carbons (Fsp3) is 0.300. The van der Waals surface area contributed by atoms with Gasteiger partial charge in [0.05, 0.1) is 0 Å². The molecule has 0 bridgehead atoms. The van der Waals surface area contributed by atoms with E-state index in [0.717, 1.165) is 12.1 Å². The Labute approximate surface area is 86.3 Å². The van der Waals surface area contributed by atoms with Gasteiger partial charge in [0.2, 0.25) is 5.91 Å². The zero-order valence-corrected chi connectivity index (χ0v) is 8.47. The Kier molecular flexibility index (Phi) is 3.04. The minimum Gasteiger partial charge on any atom is -0.368 e. The van der Waals surface area contributed by atoms with E-state index in [9.17, 15) is 13.6 Å². The second-order valence-corrected chi connectivity index (χ2v) is 3.37. The van der Waals surface area contributed by atoms with E-state index in [1.54, 1.807) is 0 Å². The van der Waals surface area contributed by atoms with Crippen molar-refractivity contribution in [3.8, 4) is 0 Å². The summed E-state index contributed by atoms with van der Waals surface area (Å²) in [6.07, 6.45) is 0. The lowest BCUT2D eigenvalue weighted by Gasteiger charge is -2.25. The van der Waals surface area contributed by atoms with Crippen molar-refractivity contribution >= 4 is 5.91 Å². The topological polar surface area (TPSA) is 55.1 Å². The summed E-state index contributed by atoms with van der Waals surface area (Å²) in [5.74, 6) is -2.62. The van der Waals surface area contributed by atoms with Crippen LogP contribution in [-0.4, -0.2) is 13.0 Å². The van der Waals surface area contributed by atoms with Gasteiger partial charge in [0, 0.05) is 0 Å². The summed E-state index contributed by atoms with van der Waals surface area (Å²) in [6, 6.07) is 3.24. The molecule has 82 valence electrons. The molecular formula is C10H12F2N2O. The van der Waals surface area contributed by atoms with Crippen LogP contribution < -0.4 is 11.1 Å². The summed E-state index contributed by atoms with van der Waals surface area (Å²) < 4.78 is 25.6. The predicted molar refractivity (Wildman–Crippen MR) is 52.0 cm³/mol. The Bertz CT molecular complexity index is 395. The van der Waals surface area contributed by atoms with Gasteiger partial charge in [-0.3, -0.25) is 4.79 Å². The van der Waals surface area contributed by atoms with Gasteiger partial charge < -0.3 is 11.1 Å². The van der Waals surface area contributed by atoms with E-state index >= 15 is 0 Å². The molecule has 1 amide bonds. The molecule has 1 rings (SSSR count). The number of primary amides is 1. The molecule has 0 heterocycles. The Hall–Kier alpha value is -1.49. The summed E-state index contributed by atoms with van der Waals surface area (Å²) in [7, 11) is 1.52. The molecular weight excluding hydrogens is 202 g/mol. The lowest BCUT2D eigenvalue weighted by molar-refractivity contribution is -0.123. The molecule has 3 N–H and O–H groups in total. The summed E-state index contributed by atoms with van der Waals surface area (Å²) in [5, 5.41) is 2.68. The maximum atomic E-state index is 13.0. The Morgan fingerprint density at radius 3 is 2.40 bits per heavy atom. The van der Waals surface area contributed by atoms with Gasteiger partial charge in [0.25, 0.3) is 0 Å². The summed E-state index contributed by atoms with van der Waals surface area (Å²) >= 11 is 0. The molecule has 0 saturated carbocycles. The largest absolute Gasteiger partial charge is 0.368 e. The first kappa shape index (κ1) is 11.6. The van der Waals surface area contributed by atoms with Gasteiger partial charge in [0.15, 0.2) is 11.6 Å². The molecule has 0 radical (unpaired) electrons. The average molecular weight is 214 g/mol. The van der Waals surface area contributed by atoms with Crippen LogP contribution >= 0.6 is 0 Å². The molecule has 0 aromatic heterocycles. The van der Waals surface area contributed by atoms with Crippen LogP contribution in [0, 0.1) is 11.6 Å². The fourth-order valence-electron chi connectivity index (χ4n) is 1.22. The van der Waals surface area contributed by atoms with E-state index < -0.39 is 23.1 Å². The van der Waals surface area contributed by atoms with E-state index in [-0.39, 0.29) is 5.56 Å². The number of nitrogens with one attached hydrogen (secondary N) is 1. The van der Waals surface area contributed by atoms with Crippen LogP contribution in [-0.2, 0) is 10.3 Å². The second-order valence-electron chi connectivity index (χ2n) is 3.37. The van der Waals surface area contributed by atoms with E-state index in [2.05, 4.69) is 5.32 Å². The number of amides is 1. The van der Waals surface area contributed by atoms with Gasteiger partial charge in [0.1, 0.15) is 5.54 Å². The van der Waals surface area contributed by atoms with Crippen molar-refractivity contribution in [3.63, 3.8) is 0 Å². The van der Waals surface area contributed by atoms with Gasteiger partial charge in [-0.15, -0.1) is 0 Å². The van der Waals surface area contributed by atoms with Gasteiger partial charge in [-0.2, -0.15) is 0 Å². The summed E-state index contributed by atoms with van der Waals surface area (Å²) in [6.45, 7) is 1.50. The number of hydrogen-bond acceptors (Lipinski definition) is 2. The van der Waals surface area contributed by atoms with Crippen molar-refractivity contribution < 1.29 is 13.6 Å². The molecule has 15 heavy (non-hydrogen) atoms. The van der Waals surface area contributed by atoms with Crippen LogP contribution in [0.25, 0.3) is 0 Å². The lowest BCUT2D eigenvalue weighted by Crippen LogP contribution is -2.48. The van der Waals surface area contributed by atoms with Crippen molar-refractivity contribution in [1.82, 2.24) is 5.32 Å². The van der Waals surface area contributed by atoms with Crippen LogP contribution in [0.3, 0.4) is 0 Å². The molecule has 0 aliphatic rings. The molecule has 1 aromatic carbocycles. The number of benzene rings is 1. The van der Waals surface area contributed by atoms with Gasteiger partial charge in [-0.1, -0.05) is 6.07 Å². The number of carbonyl (C=O) groups is 1. The molecule has 3 nitrogen and oxygen atoms in total. The van der Waals surface area contributed by atoms with E-state index in [1.807, 2.05) is 0 Å². The molecule has 1 aromatic rings. The van der Waals surface area contributed by atoms with Crippen molar-refractivity contribution in [3.05, 3.63) is 35.4 Å². The zero-order chi connectivity index (χ0) is 11.6. The summed E-state index contributed by atoms with van der Waals surface area (Å²) in [5.41, 5.74) is 4.27. The minimum atomic E-state index is -1.20. The van der Waals surface area contributed by atoms with Crippen molar-refractivity contribution in [2.24, 2.45) is 5.73 Å². The summed E-state index contributed by atoms with van der Waals surface area (Å²) in [4.78, 5) is 11.2. The number of rotatable bonds is 3. The molecule has 0 aliphatic carbocycles. The molecule has 1 atom stereocenters. The van der Waals surface area contributed by atoms with Gasteiger partial charge in [-0.05, 0) is 31.7 Å². The highest BCUT2D eigenvalue weighted by Gasteiger charge is 2.31. The molecule has 0 spiro atoms. The predicted octanol–water partition coefficient (Wildman–Crippen LogP) is 0.885. The lowest BCUT2D eigenvalue weighted by atomic mass is 9.91. The second kappa shape index (κ2) is 3.94. The Morgan fingerprint density at radius 1 is 1.40 bits per heavy atom. The molecule has 1 unspecified atom stereocenters. The standard InChI is InChI=1S/C10H12F2N2O/c1-10(14-2,9(13)15)6-3-4-7(11)8(12)5-6/h3-5,14H,1-2H3,(H2,13,15). The van der Waals surface area contributed by atoms with Gasteiger partial charge >= 0.3 is 0 Å². The smallest absolute Gasteiger partial charge is 0.242 e.